The molecule has 0 unspecified atom stereocenters. The molecule has 0 saturated heterocycles. The second kappa shape index (κ2) is 9.05. The maximum absolute atomic E-state index is 12.6. The number of hydrogen-bond donors (Lipinski definition) is 2. The van der Waals surface area contributed by atoms with Crippen LogP contribution in [0.5, 0.6) is 5.75 Å². The first-order valence-corrected chi connectivity index (χ1v) is 9.51. The molecule has 0 aliphatic carbocycles. The van der Waals surface area contributed by atoms with Gasteiger partial charge in [-0.3, -0.25) is 20.4 Å². The summed E-state index contributed by atoms with van der Waals surface area (Å²) in [4.78, 5) is 24.9. The molecule has 2 amide bonds. The number of hydrazine groups is 1. The topological polar surface area (TPSA) is 85.2 Å². The van der Waals surface area contributed by atoms with Gasteiger partial charge in [-0.1, -0.05) is 24.6 Å². The van der Waals surface area contributed by atoms with Gasteiger partial charge >= 0.3 is 0 Å². The fraction of sp³-hybridized carbons (Fsp3) is 0.227. The summed E-state index contributed by atoms with van der Waals surface area (Å²) in [5.74, 6) is -0.144. The van der Waals surface area contributed by atoms with Crippen LogP contribution in [0.2, 0.25) is 0 Å². The molecule has 3 aromatic rings. The van der Waals surface area contributed by atoms with Gasteiger partial charge in [0.25, 0.3) is 11.8 Å². The van der Waals surface area contributed by atoms with Crippen molar-refractivity contribution in [2.45, 2.75) is 27.2 Å². The van der Waals surface area contributed by atoms with E-state index in [1.54, 1.807) is 28.9 Å². The molecule has 3 rings (SSSR count). The molecule has 0 atom stereocenters. The predicted molar refractivity (Wildman–Crippen MR) is 110 cm³/mol. The summed E-state index contributed by atoms with van der Waals surface area (Å²) < 4.78 is 7.10. The third-order valence-electron chi connectivity index (χ3n) is 4.44. The molecule has 7 heteroatoms. The summed E-state index contributed by atoms with van der Waals surface area (Å²) in [6.45, 7) is 6.41. The van der Waals surface area contributed by atoms with E-state index in [1.165, 1.54) is 6.20 Å². The number of hydrogen-bond acceptors (Lipinski definition) is 4. The highest BCUT2D eigenvalue weighted by Gasteiger charge is 2.18. The van der Waals surface area contributed by atoms with E-state index in [1.807, 2.05) is 45.0 Å². The lowest BCUT2D eigenvalue weighted by Crippen LogP contribution is -2.41. The normalized spacial score (nSPS) is 10.4. The molecule has 0 radical (unpaired) electrons. The Labute approximate surface area is 169 Å². The fourth-order valence-corrected chi connectivity index (χ4v) is 2.93. The van der Waals surface area contributed by atoms with Crippen molar-refractivity contribution in [2.24, 2.45) is 0 Å². The second-order valence-electron chi connectivity index (χ2n) is 6.47. The number of rotatable bonds is 6. The number of amides is 2. The lowest BCUT2D eigenvalue weighted by atomic mass is 10.2. The highest BCUT2D eigenvalue weighted by molar-refractivity contribution is 5.99. The summed E-state index contributed by atoms with van der Waals surface area (Å²) in [6.07, 6.45) is 2.13. The molecule has 0 fully saturated rings. The first-order valence-electron chi connectivity index (χ1n) is 9.51. The van der Waals surface area contributed by atoms with Gasteiger partial charge in [0.1, 0.15) is 5.75 Å². The number of ether oxygens (including phenoxy) is 1. The van der Waals surface area contributed by atoms with Gasteiger partial charge < -0.3 is 4.74 Å². The fourth-order valence-electron chi connectivity index (χ4n) is 2.93. The Morgan fingerprint density at radius 1 is 0.966 bits per heavy atom. The second-order valence-corrected chi connectivity index (χ2v) is 6.47. The van der Waals surface area contributed by atoms with E-state index < -0.39 is 11.8 Å². The average molecular weight is 392 g/mol. The summed E-state index contributed by atoms with van der Waals surface area (Å²) in [6, 6.07) is 14.6. The van der Waals surface area contributed by atoms with Crippen LogP contribution in [0.15, 0.2) is 54.7 Å². The third-order valence-corrected chi connectivity index (χ3v) is 4.44. The molecular weight excluding hydrogens is 368 g/mol. The molecule has 2 N–H and O–H groups in total. The minimum Gasteiger partial charge on any atom is -0.494 e. The van der Waals surface area contributed by atoms with Gasteiger partial charge in [0.15, 0.2) is 0 Å². The smallest absolute Gasteiger partial charge is 0.273 e. The van der Waals surface area contributed by atoms with Crippen LogP contribution in [0.4, 0.5) is 0 Å². The van der Waals surface area contributed by atoms with E-state index in [9.17, 15) is 9.59 Å². The quantitative estimate of drug-likeness (QED) is 0.631. The molecule has 0 aliphatic rings. The highest BCUT2D eigenvalue weighted by Crippen LogP contribution is 2.16. The average Bonchev–Trinajstić information content (AvgIpc) is 3.17. The van der Waals surface area contributed by atoms with E-state index >= 15 is 0 Å². The minimum atomic E-state index is -0.417. The van der Waals surface area contributed by atoms with E-state index in [2.05, 4.69) is 16.0 Å². The number of carbonyl (C=O) groups is 2. The summed E-state index contributed by atoms with van der Waals surface area (Å²) in [5.41, 5.74) is 8.53. The zero-order valence-corrected chi connectivity index (χ0v) is 16.7. The number of nitrogens with one attached hydrogen (secondary N) is 2. The monoisotopic (exact) mass is 392 g/mol. The first-order chi connectivity index (χ1) is 14.0. The Balaban J connectivity index is 1.69. The van der Waals surface area contributed by atoms with Crippen LogP contribution in [0.3, 0.4) is 0 Å². The van der Waals surface area contributed by atoms with Crippen molar-refractivity contribution in [2.75, 3.05) is 6.61 Å². The Morgan fingerprint density at radius 2 is 1.62 bits per heavy atom. The van der Waals surface area contributed by atoms with Crippen LogP contribution in [0.25, 0.3) is 5.69 Å². The largest absolute Gasteiger partial charge is 0.494 e. The third kappa shape index (κ3) is 4.63. The Bertz CT molecular complexity index is 992. The van der Waals surface area contributed by atoms with E-state index in [4.69, 9.17) is 4.74 Å². The molecule has 0 spiro atoms. The Hall–Kier alpha value is -3.61. The van der Waals surface area contributed by atoms with Gasteiger partial charge in [-0.25, -0.2) is 4.68 Å². The summed E-state index contributed by atoms with van der Waals surface area (Å²) in [7, 11) is 0. The highest BCUT2D eigenvalue weighted by atomic mass is 16.5. The van der Waals surface area contributed by atoms with Gasteiger partial charge in [0.05, 0.1) is 29.7 Å². The maximum Gasteiger partial charge on any atom is 0.273 e. The van der Waals surface area contributed by atoms with Crippen molar-refractivity contribution in [3.8, 4) is 11.4 Å². The molecule has 150 valence electrons. The SMILES string of the molecule is CCOc1ccc(C(=O)NNC(=O)c2cnn(-c3ccc(C)cc3)c2CC)cc1. The van der Waals surface area contributed by atoms with Crippen molar-refractivity contribution in [3.63, 3.8) is 0 Å². The Kier molecular flexibility index (Phi) is 6.29. The van der Waals surface area contributed by atoms with Crippen molar-refractivity contribution in [1.82, 2.24) is 20.6 Å². The summed E-state index contributed by atoms with van der Waals surface area (Å²) in [5, 5.41) is 4.35. The van der Waals surface area contributed by atoms with Crippen LogP contribution < -0.4 is 15.6 Å². The Morgan fingerprint density at radius 3 is 2.24 bits per heavy atom. The van der Waals surface area contributed by atoms with Gasteiger partial charge in [-0.05, 0) is 56.7 Å². The number of carbonyl (C=O) groups excluding carboxylic acids is 2. The molecule has 1 heterocycles. The van der Waals surface area contributed by atoms with Crippen LogP contribution in [0, 0.1) is 6.92 Å². The van der Waals surface area contributed by atoms with Gasteiger partial charge in [-0.2, -0.15) is 5.10 Å². The molecule has 0 saturated carbocycles. The van der Waals surface area contributed by atoms with Crippen LogP contribution in [-0.4, -0.2) is 28.2 Å². The van der Waals surface area contributed by atoms with E-state index in [0.29, 0.717) is 29.9 Å². The standard InChI is InChI=1S/C22H24N4O3/c1-4-20-19(14-23-26(20)17-10-6-15(3)7-11-17)22(28)25-24-21(27)16-8-12-18(13-9-16)29-5-2/h6-14H,4-5H2,1-3H3,(H,24,27)(H,25,28). The molecule has 29 heavy (non-hydrogen) atoms. The molecule has 0 aliphatic heterocycles. The van der Waals surface area contributed by atoms with Crippen molar-refractivity contribution >= 4 is 11.8 Å². The number of benzene rings is 2. The number of aryl methyl sites for hydroxylation is 1. The van der Waals surface area contributed by atoms with Crippen LogP contribution >= 0.6 is 0 Å². The van der Waals surface area contributed by atoms with Gasteiger partial charge in [0.2, 0.25) is 0 Å². The van der Waals surface area contributed by atoms with Crippen molar-refractivity contribution in [1.29, 1.82) is 0 Å². The van der Waals surface area contributed by atoms with Crippen LogP contribution in [-0.2, 0) is 6.42 Å². The van der Waals surface area contributed by atoms with Crippen molar-refractivity contribution < 1.29 is 14.3 Å². The maximum atomic E-state index is 12.6. The summed E-state index contributed by atoms with van der Waals surface area (Å²) >= 11 is 0. The van der Waals surface area contributed by atoms with E-state index in [0.717, 1.165) is 16.9 Å². The number of aromatic nitrogens is 2. The van der Waals surface area contributed by atoms with E-state index in [-0.39, 0.29) is 0 Å². The zero-order valence-electron chi connectivity index (χ0n) is 16.7. The first kappa shape index (κ1) is 20.1. The van der Waals surface area contributed by atoms with Crippen LogP contribution in [0.1, 0.15) is 45.8 Å². The minimum absolute atomic E-state index is 0.412. The van der Waals surface area contributed by atoms with Gasteiger partial charge in [-0.15, -0.1) is 0 Å². The molecule has 0 bridgehead atoms. The lowest BCUT2D eigenvalue weighted by molar-refractivity contribution is 0.0846. The predicted octanol–water partition coefficient (Wildman–Crippen LogP) is 3.22. The molecule has 1 aromatic heterocycles. The molecular formula is C22H24N4O3. The van der Waals surface area contributed by atoms with Crippen molar-refractivity contribution in [3.05, 3.63) is 77.1 Å². The molecule has 7 nitrogen and oxygen atoms in total. The molecule has 2 aromatic carbocycles. The zero-order chi connectivity index (χ0) is 20.8. The number of nitrogens with zero attached hydrogens (tertiary/aromatic N) is 2. The lowest BCUT2D eigenvalue weighted by Gasteiger charge is -2.10. The van der Waals surface area contributed by atoms with Gasteiger partial charge in [0, 0.05) is 5.56 Å².